The van der Waals surface area contributed by atoms with Crippen LogP contribution in [0.1, 0.15) is 12.8 Å². The molecule has 3 heterocycles. The van der Waals surface area contributed by atoms with E-state index in [1.165, 1.54) is 11.3 Å². The molecule has 0 spiro atoms. The molecule has 1 amide bonds. The first kappa shape index (κ1) is 15.9. The van der Waals surface area contributed by atoms with Gasteiger partial charge in [0.05, 0.1) is 4.88 Å². The largest absolute Gasteiger partial charge is 0.437 e. The molecule has 0 bridgehead atoms. The lowest BCUT2D eigenvalue weighted by Crippen LogP contribution is -2.46. The van der Waals surface area contributed by atoms with Crippen LogP contribution in [0.5, 0.6) is 0 Å². The van der Waals surface area contributed by atoms with Crippen molar-refractivity contribution < 1.29 is 9.21 Å². The third-order valence-electron chi connectivity index (χ3n) is 4.17. The highest BCUT2D eigenvalue weighted by atomic mass is 32.1. The molecule has 2 aromatic heterocycles. The van der Waals surface area contributed by atoms with E-state index in [0.29, 0.717) is 19.1 Å². The molecule has 0 unspecified atom stereocenters. The summed E-state index contributed by atoms with van der Waals surface area (Å²) in [6.45, 7) is 1.36. The summed E-state index contributed by atoms with van der Waals surface area (Å²) in [5, 5.41) is 6.01. The summed E-state index contributed by atoms with van der Waals surface area (Å²) < 4.78 is 6.23. The van der Waals surface area contributed by atoms with Gasteiger partial charge in [-0.25, -0.2) is 4.79 Å². The molecule has 1 aliphatic rings. The number of carbonyl (C=O) groups is 1. The Balaban J connectivity index is 1.64. The predicted molar refractivity (Wildman–Crippen MR) is 87.4 cm³/mol. The molecule has 124 valence electrons. The number of carbonyl (C=O) groups excluding carboxylic acids is 1. The third-order valence-corrected chi connectivity index (χ3v) is 5.03. The summed E-state index contributed by atoms with van der Waals surface area (Å²) >= 11 is 1.44. The fourth-order valence-electron chi connectivity index (χ4n) is 2.77. The maximum absolute atomic E-state index is 12.4. The molecular formula is C15H20N4O3S. The Morgan fingerprint density at radius 3 is 2.78 bits per heavy atom. The number of hydrogen-bond acceptors (Lipinski definition) is 6. The molecule has 1 aliphatic heterocycles. The van der Waals surface area contributed by atoms with Crippen molar-refractivity contribution in [2.75, 3.05) is 27.2 Å². The van der Waals surface area contributed by atoms with Gasteiger partial charge in [-0.2, -0.15) is 4.68 Å². The lowest BCUT2D eigenvalue weighted by atomic mass is 10.0. The molecule has 7 nitrogen and oxygen atoms in total. The highest BCUT2D eigenvalue weighted by Gasteiger charge is 2.25. The van der Waals surface area contributed by atoms with Crippen LogP contribution >= 0.6 is 11.3 Å². The van der Waals surface area contributed by atoms with Gasteiger partial charge in [0.25, 0.3) is 5.89 Å². The van der Waals surface area contributed by atoms with Crippen molar-refractivity contribution in [3.05, 3.63) is 28.1 Å². The summed E-state index contributed by atoms with van der Waals surface area (Å²) in [6.07, 6.45) is 1.90. The second-order valence-electron chi connectivity index (χ2n) is 5.88. The highest BCUT2D eigenvalue weighted by Crippen LogP contribution is 2.21. The number of hydrogen-bond donors (Lipinski definition) is 0. The molecule has 23 heavy (non-hydrogen) atoms. The average Bonchev–Trinajstić information content (AvgIpc) is 3.18. The first-order valence-corrected chi connectivity index (χ1v) is 8.48. The lowest BCUT2D eigenvalue weighted by Gasteiger charge is -2.35. The van der Waals surface area contributed by atoms with E-state index in [-0.39, 0.29) is 18.3 Å². The minimum absolute atomic E-state index is 0.0691. The van der Waals surface area contributed by atoms with Gasteiger partial charge in [-0.1, -0.05) is 6.07 Å². The third kappa shape index (κ3) is 3.53. The zero-order valence-electron chi connectivity index (χ0n) is 13.3. The van der Waals surface area contributed by atoms with Crippen molar-refractivity contribution in [3.63, 3.8) is 0 Å². The van der Waals surface area contributed by atoms with Crippen molar-refractivity contribution in [2.24, 2.45) is 0 Å². The maximum Gasteiger partial charge on any atom is 0.437 e. The van der Waals surface area contributed by atoms with Gasteiger partial charge in [-0.05, 0) is 38.4 Å². The Labute approximate surface area is 138 Å². The monoisotopic (exact) mass is 336 g/mol. The van der Waals surface area contributed by atoms with E-state index in [1.54, 1.807) is 4.90 Å². The van der Waals surface area contributed by atoms with Crippen LogP contribution in [0.4, 0.5) is 0 Å². The van der Waals surface area contributed by atoms with Crippen LogP contribution < -0.4 is 5.76 Å². The van der Waals surface area contributed by atoms with Crippen LogP contribution in [0.25, 0.3) is 10.8 Å². The fourth-order valence-corrected chi connectivity index (χ4v) is 3.41. The number of nitrogens with zero attached hydrogens (tertiary/aromatic N) is 4. The summed E-state index contributed by atoms with van der Waals surface area (Å²) in [5.41, 5.74) is 0. The van der Waals surface area contributed by atoms with Gasteiger partial charge >= 0.3 is 5.76 Å². The van der Waals surface area contributed by atoms with Crippen LogP contribution in [0.2, 0.25) is 0 Å². The Morgan fingerprint density at radius 2 is 2.17 bits per heavy atom. The molecule has 0 saturated carbocycles. The van der Waals surface area contributed by atoms with Crippen LogP contribution in [-0.2, 0) is 11.3 Å². The quantitative estimate of drug-likeness (QED) is 0.837. The molecule has 3 rings (SSSR count). The standard InChI is InChI=1S/C15H20N4O3S/c1-17(2)11-5-7-18(8-6-11)13(20)10-19-15(21)22-14(16-19)12-4-3-9-23-12/h3-4,9,11H,5-8,10H2,1-2H3. The Morgan fingerprint density at radius 1 is 1.43 bits per heavy atom. The molecule has 0 radical (unpaired) electrons. The maximum atomic E-state index is 12.4. The molecule has 1 saturated heterocycles. The van der Waals surface area contributed by atoms with Crippen LogP contribution in [0.3, 0.4) is 0 Å². The topological polar surface area (TPSA) is 71.6 Å². The van der Waals surface area contributed by atoms with Crippen molar-refractivity contribution in [1.82, 2.24) is 19.6 Å². The average molecular weight is 336 g/mol. The molecule has 8 heteroatoms. The zero-order chi connectivity index (χ0) is 16.4. The van der Waals surface area contributed by atoms with Gasteiger partial charge in [0.1, 0.15) is 6.54 Å². The number of piperidine rings is 1. The molecule has 1 fully saturated rings. The first-order chi connectivity index (χ1) is 11.0. The second kappa shape index (κ2) is 6.67. The minimum Gasteiger partial charge on any atom is -0.387 e. The number of thiophene rings is 1. The molecule has 0 aliphatic carbocycles. The summed E-state index contributed by atoms with van der Waals surface area (Å²) in [5.74, 6) is -0.413. The van der Waals surface area contributed by atoms with Crippen LogP contribution in [0.15, 0.2) is 26.7 Å². The van der Waals surface area contributed by atoms with Crippen molar-refractivity contribution in [2.45, 2.75) is 25.4 Å². The summed E-state index contributed by atoms with van der Waals surface area (Å²) in [7, 11) is 4.12. The number of amides is 1. The number of aromatic nitrogens is 2. The number of likely N-dealkylation sites (tertiary alicyclic amines) is 1. The van der Waals surface area contributed by atoms with Gasteiger partial charge < -0.3 is 14.2 Å². The van der Waals surface area contributed by atoms with E-state index in [9.17, 15) is 9.59 Å². The minimum atomic E-state index is -0.593. The van der Waals surface area contributed by atoms with E-state index in [2.05, 4.69) is 24.1 Å². The lowest BCUT2D eigenvalue weighted by molar-refractivity contribution is -0.133. The molecule has 2 aromatic rings. The summed E-state index contributed by atoms with van der Waals surface area (Å²) in [4.78, 5) is 29.0. The van der Waals surface area contributed by atoms with E-state index in [0.717, 1.165) is 22.4 Å². The first-order valence-electron chi connectivity index (χ1n) is 7.60. The van der Waals surface area contributed by atoms with Gasteiger partial charge in [-0.3, -0.25) is 4.79 Å². The van der Waals surface area contributed by atoms with Crippen molar-refractivity contribution in [1.29, 1.82) is 0 Å². The van der Waals surface area contributed by atoms with Gasteiger partial charge in [0.2, 0.25) is 5.91 Å². The fraction of sp³-hybridized carbons (Fsp3) is 0.533. The van der Waals surface area contributed by atoms with Gasteiger partial charge in [0.15, 0.2) is 0 Å². The second-order valence-corrected chi connectivity index (χ2v) is 6.83. The van der Waals surface area contributed by atoms with Crippen LogP contribution in [0, 0.1) is 0 Å². The predicted octanol–water partition coefficient (Wildman–Crippen LogP) is 1.12. The normalized spacial score (nSPS) is 16.2. The Bertz CT molecular complexity index is 711. The zero-order valence-corrected chi connectivity index (χ0v) is 14.1. The Kier molecular flexibility index (Phi) is 4.63. The van der Waals surface area contributed by atoms with E-state index < -0.39 is 5.76 Å². The molecular weight excluding hydrogens is 316 g/mol. The van der Waals surface area contributed by atoms with Crippen LogP contribution in [-0.4, -0.2) is 58.7 Å². The van der Waals surface area contributed by atoms with E-state index >= 15 is 0 Å². The van der Waals surface area contributed by atoms with E-state index in [4.69, 9.17) is 4.42 Å². The molecule has 0 atom stereocenters. The molecule has 0 aromatic carbocycles. The molecule has 0 N–H and O–H groups in total. The number of rotatable bonds is 4. The van der Waals surface area contributed by atoms with Crippen molar-refractivity contribution in [3.8, 4) is 10.8 Å². The highest BCUT2D eigenvalue weighted by molar-refractivity contribution is 7.13. The van der Waals surface area contributed by atoms with E-state index in [1.807, 2.05) is 17.5 Å². The Hall–Kier alpha value is -1.93. The smallest absolute Gasteiger partial charge is 0.387 e. The van der Waals surface area contributed by atoms with Crippen molar-refractivity contribution >= 4 is 17.2 Å². The summed E-state index contributed by atoms with van der Waals surface area (Å²) in [6, 6.07) is 4.20. The SMILES string of the molecule is CN(C)C1CCN(C(=O)Cn2nc(-c3cccs3)oc2=O)CC1. The van der Waals surface area contributed by atoms with Gasteiger partial charge in [0, 0.05) is 19.1 Å². The van der Waals surface area contributed by atoms with Gasteiger partial charge in [-0.15, -0.1) is 16.4 Å².